The summed E-state index contributed by atoms with van der Waals surface area (Å²) in [5, 5.41) is 0. The van der Waals surface area contributed by atoms with Crippen LogP contribution in [0.4, 0.5) is 4.79 Å². The van der Waals surface area contributed by atoms with Crippen molar-refractivity contribution in [2.45, 2.75) is 31.3 Å². The maximum Gasteiger partial charge on any atom is 0.315 e. The minimum atomic E-state index is -0.322. The third-order valence-corrected chi connectivity index (χ3v) is 3.37. The maximum absolute atomic E-state index is 11.3. The van der Waals surface area contributed by atoms with Crippen molar-refractivity contribution in [3.05, 3.63) is 23.8 Å². The van der Waals surface area contributed by atoms with E-state index >= 15 is 0 Å². The average molecular weight is 204 g/mol. The third-order valence-electron chi connectivity index (χ3n) is 3.37. The molecule has 1 aromatic rings. The van der Waals surface area contributed by atoms with Gasteiger partial charge in [0.25, 0.3) is 0 Å². The Hall–Kier alpha value is -1.65. The molecule has 0 aliphatic carbocycles. The van der Waals surface area contributed by atoms with Crippen molar-refractivity contribution in [2.24, 2.45) is 5.73 Å². The molecule has 5 nitrogen and oxygen atoms in total. The largest absolute Gasteiger partial charge is 0.351 e. The summed E-state index contributed by atoms with van der Waals surface area (Å²) in [4.78, 5) is 21.4. The topological polar surface area (TPSA) is 72.1 Å². The van der Waals surface area contributed by atoms with Crippen LogP contribution < -0.4 is 5.73 Å². The highest BCUT2D eigenvalue weighted by Gasteiger charge is 2.42. The molecule has 2 aliphatic rings. The predicted octanol–water partition coefficient (Wildman–Crippen LogP) is 0.617. The Balaban J connectivity index is 2.08. The Morgan fingerprint density at radius 3 is 3.20 bits per heavy atom. The summed E-state index contributed by atoms with van der Waals surface area (Å²) < 4.78 is 0. The fourth-order valence-electron chi connectivity index (χ4n) is 2.76. The molecular weight excluding hydrogens is 192 g/mol. The normalized spacial score (nSPS) is 27.6. The minimum absolute atomic E-state index is 0.109. The van der Waals surface area contributed by atoms with Crippen molar-refractivity contribution < 1.29 is 4.79 Å². The molecule has 78 valence electrons. The summed E-state index contributed by atoms with van der Waals surface area (Å²) >= 11 is 0. The van der Waals surface area contributed by atoms with Crippen molar-refractivity contribution in [1.82, 2.24) is 14.9 Å². The molecule has 1 saturated heterocycles. The van der Waals surface area contributed by atoms with E-state index in [9.17, 15) is 4.79 Å². The number of nitrogens with zero attached hydrogens (tertiary/aromatic N) is 3. The van der Waals surface area contributed by atoms with Gasteiger partial charge in [0.15, 0.2) is 0 Å². The van der Waals surface area contributed by atoms with Crippen molar-refractivity contribution in [3.8, 4) is 0 Å². The van der Waals surface area contributed by atoms with Crippen LogP contribution in [0.3, 0.4) is 0 Å². The highest BCUT2D eigenvalue weighted by Crippen LogP contribution is 2.42. The Morgan fingerprint density at radius 2 is 2.40 bits per heavy atom. The molecule has 1 aromatic heterocycles. The second-order valence-corrected chi connectivity index (χ2v) is 4.12. The monoisotopic (exact) mass is 204 g/mol. The van der Waals surface area contributed by atoms with Gasteiger partial charge in [0.05, 0.1) is 11.7 Å². The average Bonchev–Trinajstić information content (AvgIpc) is 2.55. The smallest absolute Gasteiger partial charge is 0.315 e. The Bertz CT molecular complexity index is 420. The first-order valence-electron chi connectivity index (χ1n) is 5.14. The van der Waals surface area contributed by atoms with Crippen molar-refractivity contribution in [2.75, 3.05) is 0 Å². The zero-order chi connectivity index (χ0) is 10.4. The molecule has 0 radical (unpaired) electrons. The lowest BCUT2D eigenvalue weighted by Crippen LogP contribution is -2.45. The van der Waals surface area contributed by atoms with E-state index in [0.717, 1.165) is 30.5 Å². The first kappa shape index (κ1) is 8.64. The van der Waals surface area contributed by atoms with Gasteiger partial charge in [0.2, 0.25) is 0 Å². The van der Waals surface area contributed by atoms with Gasteiger partial charge >= 0.3 is 6.03 Å². The lowest BCUT2D eigenvalue weighted by Gasteiger charge is -2.33. The summed E-state index contributed by atoms with van der Waals surface area (Å²) in [6.45, 7) is 0. The van der Waals surface area contributed by atoms with Crippen LogP contribution in [0.2, 0.25) is 0 Å². The molecule has 1 fully saturated rings. The molecule has 5 heteroatoms. The maximum atomic E-state index is 11.3. The number of rotatable bonds is 0. The molecule has 2 bridgehead atoms. The fraction of sp³-hybridized carbons (Fsp3) is 0.500. The second-order valence-electron chi connectivity index (χ2n) is 4.12. The minimum Gasteiger partial charge on any atom is -0.351 e. The van der Waals surface area contributed by atoms with E-state index in [2.05, 4.69) is 9.97 Å². The molecular formula is C10H12N4O. The first-order valence-corrected chi connectivity index (χ1v) is 5.14. The standard InChI is InChI=1S/C10H12N4O/c11-10(15)14-6-1-2-9(14)7-4-12-5-13-8(7)3-6/h4-6,9H,1-3H2,(H2,11,15). The molecule has 0 spiro atoms. The van der Waals surface area contributed by atoms with Crippen LogP contribution in [0.5, 0.6) is 0 Å². The quantitative estimate of drug-likeness (QED) is 0.673. The van der Waals surface area contributed by atoms with Crippen LogP contribution in [0.15, 0.2) is 12.5 Å². The molecule has 0 saturated carbocycles. The Labute approximate surface area is 87.3 Å². The van der Waals surface area contributed by atoms with Crippen LogP contribution in [0, 0.1) is 0 Å². The van der Waals surface area contributed by atoms with E-state index < -0.39 is 0 Å². The van der Waals surface area contributed by atoms with E-state index in [1.165, 1.54) is 0 Å². The van der Waals surface area contributed by atoms with Crippen LogP contribution in [-0.4, -0.2) is 26.9 Å². The highest BCUT2D eigenvalue weighted by molar-refractivity contribution is 5.74. The van der Waals surface area contributed by atoms with Gasteiger partial charge in [-0.1, -0.05) is 0 Å². The molecule has 2 atom stereocenters. The predicted molar refractivity (Wildman–Crippen MR) is 52.9 cm³/mol. The van der Waals surface area contributed by atoms with E-state index in [1.807, 2.05) is 6.20 Å². The van der Waals surface area contributed by atoms with Gasteiger partial charge in [-0.2, -0.15) is 0 Å². The SMILES string of the molecule is NC(=O)N1C2CCC1c1cncnc1C2. The molecule has 2 unspecified atom stereocenters. The second kappa shape index (κ2) is 2.92. The number of nitrogens with two attached hydrogens (primary N) is 1. The van der Waals surface area contributed by atoms with E-state index in [4.69, 9.17) is 5.73 Å². The van der Waals surface area contributed by atoms with Gasteiger partial charge in [-0.25, -0.2) is 14.8 Å². The molecule has 3 rings (SSSR count). The third kappa shape index (κ3) is 1.12. The molecule has 2 N–H and O–H groups in total. The molecule has 3 heterocycles. The summed E-state index contributed by atoms with van der Waals surface area (Å²) in [5.41, 5.74) is 7.54. The van der Waals surface area contributed by atoms with Crippen LogP contribution in [-0.2, 0) is 6.42 Å². The summed E-state index contributed by atoms with van der Waals surface area (Å²) in [5.74, 6) is 0. The van der Waals surface area contributed by atoms with Gasteiger partial charge < -0.3 is 10.6 Å². The number of fused-ring (bicyclic) bond motifs is 4. The molecule has 15 heavy (non-hydrogen) atoms. The zero-order valence-corrected chi connectivity index (χ0v) is 8.26. The summed E-state index contributed by atoms with van der Waals surface area (Å²) in [6, 6.07) is 0.0318. The van der Waals surface area contributed by atoms with Crippen LogP contribution >= 0.6 is 0 Å². The summed E-state index contributed by atoms with van der Waals surface area (Å²) in [7, 11) is 0. The lowest BCUT2D eigenvalue weighted by molar-refractivity contribution is 0.174. The van der Waals surface area contributed by atoms with E-state index in [-0.39, 0.29) is 18.1 Å². The fourth-order valence-corrected chi connectivity index (χ4v) is 2.76. The number of hydrogen-bond donors (Lipinski definition) is 1. The number of primary amides is 1. The number of aromatic nitrogens is 2. The molecule has 0 aromatic carbocycles. The van der Waals surface area contributed by atoms with E-state index in [1.54, 1.807) is 11.2 Å². The number of urea groups is 1. The molecule has 2 aliphatic heterocycles. The van der Waals surface area contributed by atoms with Crippen LogP contribution in [0.25, 0.3) is 0 Å². The van der Waals surface area contributed by atoms with Crippen molar-refractivity contribution in [3.63, 3.8) is 0 Å². The van der Waals surface area contributed by atoms with Gasteiger partial charge in [0, 0.05) is 24.2 Å². The highest BCUT2D eigenvalue weighted by atomic mass is 16.2. The first-order chi connectivity index (χ1) is 7.27. The van der Waals surface area contributed by atoms with Gasteiger partial charge in [-0.3, -0.25) is 0 Å². The van der Waals surface area contributed by atoms with Crippen molar-refractivity contribution in [1.29, 1.82) is 0 Å². The summed E-state index contributed by atoms with van der Waals surface area (Å²) in [6.07, 6.45) is 6.19. The van der Waals surface area contributed by atoms with Crippen molar-refractivity contribution >= 4 is 6.03 Å². The number of carbonyl (C=O) groups is 1. The lowest BCUT2D eigenvalue weighted by atomic mass is 10.00. The number of carbonyl (C=O) groups excluding carboxylic acids is 1. The Morgan fingerprint density at radius 1 is 1.53 bits per heavy atom. The molecule has 2 amide bonds. The van der Waals surface area contributed by atoms with E-state index in [0.29, 0.717) is 0 Å². The number of amides is 2. The van der Waals surface area contributed by atoms with Gasteiger partial charge in [-0.05, 0) is 12.8 Å². The van der Waals surface area contributed by atoms with Crippen LogP contribution in [0.1, 0.15) is 30.1 Å². The Kier molecular flexibility index (Phi) is 1.68. The number of hydrogen-bond acceptors (Lipinski definition) is 3. The van der Waals surface area contributed by atoms with Gasteiger partial charge in [0.1, 0.15) is 6.33 Å². The zero-order valence-electron chi connectivity index (χ0n) is 8.26. The van der Waals surface area contributed by atoms with Gasteiger partial charge in [-0.15, -0.1) is 0 Å².